The largest absolute Gasteiger partial charge is 0.386 e. The maximum absolute atomic E-state index is 13.1. The first-order valence-electron chi connectivity index (χ1n) is 4.44. The molecule has 15 heavy (non-hydrogen) atoms. The molecule has 0 aromatic heterocycles. The average molecular weight is 235 g/mol. The number of alkyl halides is 6. The number of rotatable bonds is 1. The highest BCUT2D eigenvalue weighted by atomic mass is 19.3. The van der Waals surface area contributed by atoms with Crippen molar-refractivity contribution in [2.24, 2.45) is 0 Å². The van der Waals surface area contributed by atoms with Gasteiger partial charge in [0, 0.05) is 19.0 Å². The molecule has 0 bridgehead atoms. The van der Waals surface area contributed by atoms with Crippen LogP contribution < -0.4 is 0 Å². The minimum absolute atomic E-state index is 0.102. The number of piperidine rings is 1. The molecule has 0 spiro atoms. The number of hydrogen-bond acceptors (Lipinski definition) is 1. The Labute approximate surface area is 83.0 Å². The van der Waals surface area contributed by atoms with E-state index < -0.39 is 36.9 Å². The molecule has 0 radical (unpaired) electrons. The maximum Gasteiger partial charge on any atom is 0.386 e. The molecule has 1 aliphatic rings. The van der Waals surface area contributed by atoms with E-state index in [0.717, 1.165) is 0 Å². The first kappa shape index (κ1) is 12.6. The van der Waals surface area contributed by atoms with Crippen LogP contribution in [0.5, 0.6) is 0 Å². The number of likely N-dealkylation sites (tertiary alicyclic amines) is 1. The monoisotopic (exact) mass is 235 g/mol. The minimum atomic E-state index is -5.32. The lowest BCUT2D eigenvalue weighted by Crippen LogP contribution is -2.68. The molecule has 0 unspecified atom stereocenters. The van der Waals surface area contributed by atoms with Crippen LogP contribution in [0.2, 0.25) is 0 Å². The quantitative estimate of drug-likeness (QED) is 0.499. The molecule has 0 atom stereocenters. The Morgan fingerprint density at radius 2 is 1.47 bits per heavy atom. The van der Waals surface area contributed by atoms with Crippen LogP contribution in [-0.2, 0) is 0 Å². The van der Waals surface area contributed by atoms with Crippen LogP contribution >= 0.6 is 0 Å². The molecule has 0 saturated carbocycles. The van der Waals surface area contributed by atoms with E-state index in [1.165, 1.54) is 13.8 Å². The van der Waals surface area contributed by atoms with Gasteiger partial charge in [-0.1, -0.05) is 0 Å². The highest BCUT2D eigenvalue weighted by Gasteiger charge is 2.76. The zero-order valence-electron chi connectivity index (χ0n) is 8.21. The van der Waals surface area contributed by atoms with Gasteiger partial charge < -0.3 is 0 Å². The lowest BCUT2D eigenvalue weighted by atomic mass is 9.98. The number of nitrogens with zero attached hydrogens (tertiary/aromatic N) is 1. The maximum atomic E-state index is 13.1. The summed E-state index contributed by atoms with van der Waals surface area (Å²) in [5.41, 5.74) is 0. The molecule has 0 aromatic carbocycles. The van der Waals surface area contributed by atoms with Crippen molar-refractivity contribution in [3.8, 4) is 0 Å². The van der Waals surface area contributed by atoms with Gasteiger partial charge in [0.1, 0.15) is 0 Å². The third-order valence-electron chi connectivity index (χ3n) is 2.49. The van der Waals surface area contributed by atoms with Crippen LogP contribution in [0.3, 0.4) is 0 Å². The molecule has 1 heterocycles. The van der Waals surface area contributed by atoms with Crippen molar-refractivity contribution in [3.05, 3.63) is 0 Å². The van der Waals surface area contributed by atoms with Crippen LogP contribution in [-0.4, -0.2) is 35.4 Å². The van der Waals surface area contributed by atoms with Crippen molar-refractivity contribution < 1.29 is 26.3 Å². The van der Waals surface area contributed by atoms with Gasteiger partial charge in [0.15, 0.2) is 0 Å². The summed E-state index contributed by atoms with van der Waals surface area (Å²) in [6, 6.07) is -5.72. The molecule has 1 rings (SSSR count). The van der Waals surface area contributed by atoms with Crippen LogP contribution in [0.1, 0.15) is 20.3 Å². The van der Waals surface area contributed by atoms with Crippen LogP contribution in [0.25, 0.3) is 0 Å². The van der Waals surface area contributed by atoms with Crippen molar-refractivity contribution in [1.82, 2.24) is 4.90 Å². The molecule has 1 nitrogen and oxygen atoms in total. The molecule has 1 saturated heterocycles. The van der Waals surface area contributed by atoms with E-state index in [2.05, 4.69) is 0 Å². The summed E-state index contributed by atoms with van der Waals surface area (Å²) in [4.78, 5) is 0.102. The second-order valence-electron chi connectivity index (χ2n) is 3.86. The molecule has 1 aliphatic heterocycles. The smallest absolute Gasteiger partial charge is 0.236 e. The fraction of sp³-hybridized carbons (Fsp3) is 1.00. The molecule has 0 N–H and O–H groups in total. The van der Waals surface area contributed by atoms with Crippen molar-refractivity contribution in [2.75, 3.05) is 6.54 Å². The predicted octanol–water partition coefficient (Wildman–Crippen LogP) is 2.96. The Morgan fingerprint density at radius 1 is 1.00 bits per heavy atom. The summed E-state index contributed by atoms with van der Waals surface area (Å²) in [6.07, 6.45) is -1.26. The SMILES string of the molecule is CC(C)N1CCC(F)(F)C(F)(F)C1(F)F. The molecule has 0 aromatic rings. The van der Waals surface area contributed by atoms with Gasteiger partial charge in [0.2, 0.25) is 0 Å². The fourth-order valence-electron chi connectivity index (χ4n) is 1.54. The zero-order valence-corrected chi connectivity index (χ0v) is 8.21. The van der Waals surface area contributed by atoms with Gasteiger partial charge in [-0.15, -0.1) is 0 Å². The Morgan fingerprint density at radius 3 is 1.87 bits per heavy atom. The first-order chi connectivity index (χ1) is 6.54. The van der Waals surface area contributed by atoms with Crippen molar-refractivity contribution in [2.45, 2.75) is 44.2 Å². The molecule has 0 aliphatic carbocycles. The second kappa shape index (κ2) is 3.26. The summed E-state index contributed by atoms with van der Waals surface area (Å²) in [5, 5.41) is 0. The predicted molar refractivity (Wildman–Crippen MR) is 41.3 cm³/mol. The normalized spacial score (nSPS) is 29.4. The number of hydrogen-bond donors (Lipinski definition) is 0. The van der Waals surface area contributed by atoms with Crippen LogP contribution in [0.4, 0.5) is 26.3 Å². The van der Waals surface area contributed by atoms with Gasteiger partial charge in [0.05, 0.1) is 0 Å². The Bertz CT molecular complexity index is 250. The molecule has 0 amide bonds. The Balaban J connectivity index is 3.09. The van der Waals surface area contributed by atoms with Gasteiger partial charge in [0.25, 0.3) is 0 Å². The molecular weight excluding hydrogens is 224 g/mol. The van der Waals surface area contributed by atoms with Crippen molar-refractivity contribution in [3.63, 3.8) is 0 Å². The average Bonchev–Trinajstić information content (AvgIpc) is 2.00. The Hall–Kier alpha value is -0.460. The van der Waals surface area contributed by atoms with E-state index in [1.807, 2.05) is 0 Å². The van der Waals surface area contributed by atoms with E-state index in [1.54, 1.807) is 0 Å². The highest BCUT2D eigenvalue weighted by molar-refractivity contribution is 5.01. The van der Waals surface area contributed by atoms with Crippen LogP contribution in [0.15, 0.2) is 0 Å². The topological polar surface area (TPSA) is 3.24 Å². The summed E-state index contributed by atoms with van der Waals surface area (Å²) < 4.78 is 77.2. The van der Waals surface area contributed by atoms with Gasteiger partial charge in [-0.05, 0) is 13.8 Å². The summed E-state index contributed by atoms with van der Waals surface area (Å²) in [6.45, 7) is 1.77. The summed E-state index contributed by atoms with van der Waals surface area (Å²) in [5.74, 6) is -9.97. The van der Waals surface area contributed by atoms with E-state index >= 15 is 0 Å². The molecular formula is C8H11F6N. The minimum Gasteiger partial charge on any atom is -0.236 e. The Kier molecular flexibility index (Phi) is 2.74. The molecule has 7 heteroatoms. The summed E-state index contributed by atoms with van der Waals surface area (Å²) in [7, 11) is 0. The lowest BCUT2D eigenvalue weighted by molar-refractivity contribution is -0.382. The molecule has 90 valence electrons. The second-order valence-corrected chi connectivity index (χ2v) is 3.86. The highest BCUT2D eigenvalue weighted by Crippen LogP contribution is 2.52. The van der Waals surface area contributed by atoms with Crippen LogP contribution in [0, 0.1) is 0 Å². The van der Waals surface area contributed by atoms with Gasteiger partial charge in [-0.3, -0.25) is 0 Å². The van der Waals surface area contributed by atoms with E-state index in [0.29, 0.717) is 0 Å². The third-order valence-corrected chi connectivity index (χ3v) is 2.49. The van der Waals surface area contributed by atoms with E-state index in [9.17, 15) is 26.3 Å². The number of halogens is 6. The fourth-order valence-corrected chi connectivity index (χ4v) is 1.54. The van der Waals surface area contributed by atoms with Crippen molar-refractivity contribution >= 4 is 0 Å². The lowest BCUT2D eigenvalue weighted by Gasteiger charge is -2.45. The van der Waals surface area contributed by atoms with E-state index in [4.69, 9.17) is 0 Å². The zero-order chi connectivity index (χ0) is 12.1. The third kappa shape index (κ3) is 1.60. The van der Waals surface area contributed by atoms with E-state index in [-0.39, 0.29) is 4.90 Å². The van der Waals surface area contributed by atoms with Gasteiger partial charge in [-0.2, -0.15) is 26.3 Å². The van der Waals surface area contributed by atoms with Gasteiger partial charge >= 0.3 is 17.9 Å². The van der Waals surface area contributed by atoms with Crippen molar-refractivity contribution in [1.29, 1.82) is 0 Å². The standard InChI is InChI=1S/C8H11F6N/c1-5(2)15-4-3-6(9,10)7(11,12)8(15,13)14/h5H,3-4H2,1-2H3. The first-order valence-corrected chi connectivity index (χ1v) is 4.44. The molecule has 1 fully saturated rings. The van der Waals surface area contributed by atoms with Gasteiger partial charge in [-0.25, -0.2) is 4.90 Å². The summed E-state index contributed by atoms with van der Waals surface area (Å²) >= 11 is 0.